The normalized spacial score (nSPS) is 11.8. The number of nitrogen functional groups attached to an aromatic ring is 1. The van der Waals surface area contributed by atoms with Crippen LogP contribution in [0.2, 0.25) is 0 Å². The summed E-state index contributed by atoms with van der Waals surface area (Å²) < 4.78 is 7.23. The van der Waals surface area contributed by atoms with E-state index in [1.807, 2.05) is 18.5 Å². The Hall–Kier alpha value is -1.19. The van der Waals surface area contributed by atoms with Gasteiger partial charge in [-0.1, -0.05) is 0 Å². The lowest BCUT2D eigenvalue weighted by atomic mass is 10.1. The van der Waals surface area contributed by atoms with Gasteiger partial charge in [0.15, 0.2) is 0 Å². The number of nitrogens with two attached hydrogens (primary N) is 1. The second-order valence-electron chi connectivity index (χ2n) is 4.32. The van der Waals surface area contributed by atoms with Crippen LogP contribution in [-0.4, -0.2) is 16.4 Å². The van der Waals surface area contributed by atoms with Crippen LogP contribution in [0.5, 0.6) is 5.88 Å². The highest BCUT2D eigenvalue weighted by atomic mass is 16.5. The van der Waals surface area contributed by atoms with E-state index in [4.69, 9.17) is 10.5 Å². The van der Waals surface area contributed by atoms with Crippen LogP contribution < -0.4 is 10.5 Å². The lowest BCUT2D eigenvalue weighted by molar-refractivity contribution is 0.298. The maximum Gasteiger partial charge on any atom is 0.256 e. The number of rotatable bonds is 2. The molecule has 1 rings (SSSR count). The lowest BCUT2D eigenvalue weighted by Crippen LogP contribution is -2.24. The Morgan fingerprint density at radius 3 is 2.36 bits per heavy atom. The molecule has 0 unspecified atom stereocenters. The van der Waals surface area contributed by atoms with E-state index in [2.05, 4.69) is 25.9 Å². The molecule has 2 N–H and O–H groups in total. The van der Waals surface area contributed by atoms with Gasteiger partial charge in [-0.25, -0.2) is 0 Å². The number of hydrogen-bond donors (Lipinski definition) is 1. The topological polar surface area (TPSA) is 53.1 Å². The SMILES string of the molecule is CCOc1nn(C(C)(C)C)c(C)c1N. The van der Waals surface area contributed by atoms with Crippen molar-refractivity contribution in [3.05, 3.63) is 5.69 Å². The Bertz CT molecular complexity index is 323. The molecule has 0 saturated carbocycles. The molecule has 0 radical (unpaired) electrons. The van der Waals surface area contributed by atoms with Gasteiger partial charge < -0.3 is 10.5 Å². The monoisotopic (exact) mass is 197 g/mol. The van der Waals surface area contributed by atoms with Gasteiger partial charge in [0.05, 0.1) is 17.8 Å². The van der Waals surface area contributed by atoms with E-state index in [9.17, 15) is 0 Å². The second kappa shape index (κ2) is 3.52. The molecule has 1 aromatic rings. The first kappa shape index (κ1) is 10.9. The van der Waals surface area contributed by atoms with E-state index in [1.54, 1.807) is 0 Å². The van der Waals surface area contributed by atoms with E-state index >= 15 is 0 Å². The van der Waals surface area contributed by atoms with Crippen LogP contribution in [0.1, 0.15) is 33.4 Å². The standard InChI is InChI=1S/C10H19N3O/c1-6-14-9-8(11)7(2)13(12-9)10(3,4)5/h6,11H2,1-5H3. The zero-order valence-electron chi connectivity index (χ0n) is 9.59. The van der Waals surface area contributed by atoms with Gasteiger partial charge in [-0.15, -0.1) is 5.10 Å². The largest absolute Gasteiger partial charge is 0.475 e. The first-order chi connectivity index (χ1) is 6.38. The van der Waals surface area contributed by atoms with Crippen molar-refractivity contribution in [1.29, 1.82) is 0 Å². The van der Waals surface area contributed by atoms with Crippen molar-refractivity contribution in [2.24, 2.45) is 0 Å². The van der Waals surface area contributed by atoms with Gasteiger partial charge in [-0.3, -0.25) is 4.68 Å². The molecule has 0 atom stereocenters. The third-order valence-corrected chi connectivity index (χ3v) is 2.05. The van der Waals surface area contributed by atoms with Crippen molar-refractivity contribution in [3.63, 3.8) is 0 Å². The van der Waals surface area contributed by atoms with Gasteiger partial charge in [-0.2, -0.15) is 0 Å². The molecular formula is C10H19N3O. The molecule has 0 aliphatic heterocycles. The number of aromatic nitrogens is 2. The minimum absolute atomic E-state index is 0.0619. The molecule has 4 heteroatoms. The maximum absolute atomic E-state index is 5.88. The van der Waals surface area contributed by atoms with E-state index in [0.29, 0.717) is 18.2 Å². The third-order valence-electron chi connectivity index (χ3n) is 2.05. The van der Waals surface area contributed by atoms with E-state index in [1.165, 1.54) is 0 Å². The number of anilines is 1. The van der Waals surface area contributed by atoms with E-state index < -0.39 is 0 Å². The molecular weight excluding hydrogens is 178 g/mol. The highest BCUT2D eigenvalue weighted by Crippen LogP contribution is 2.28. The van der Waals surface area contributed by atoms with Gasteiger partial charge >= 0.3 is 0 Å². The predicted molar refractivity (Wildman–Crippen MR) is 57.5 cm³/mol. The summed E-state index contributed by atoms with van der Waals surface area (Å²) in [7, 11) is 0. The number of hydrogen-bond acceptors (Lipinski definition) is 3. The van der Waals surface area contributed by atoms with Crippen molar-refractivity contribution in [2.75, 3.05) is 12.3 Å². The minimum Gasteiger partial charge on any atom is -0.475 e. The average molecular weight is 197 g/mol. The van der Waals surface area contributed by atoms with Crippen molar-refractivity contribution < 1.29 is 4.74 Å². The smallest absolute Gasteiger partial charge is 0.256 e. The number of ether oxygens (including phenoxy) is 1. The van der Waals surface area contributed by atoms with Crippen molar-refractivity contribution >= 4 is 5.69 Å². The van der Waals surface area contributed by atoms with Gasteiger partial charge in [0, 0.05) is 0 Å². The van der Waals surface area contributed by atoms with Gasteiger partial charge in [0.25, 0.3) is 5.88 Å². The maximum atomic E-state index is 5.88. The molecule has 0 aromatic carbocycles. The van der Waals surface area contributed by atoms with Gasteiger partial charge in [0.2, 0.25) is 0 Å². The van der Waals surface area contributed by atoms with Crippen LogP contribution in [0.25, 0.3) is 0 Å². The first-order valence-electron chi connectivity index (χ1n) is 4.86. The summed E-state index contributed by atoms with van der Waals surface area (Å²) in [6.07, 6.45) is 0. The quantitative estimate of drug-likeness (QED) is 0.788. The molecule has 14 heavy (non-hydrogen) atoms. The fourth-order valence-corrected chi connectivity index (χ4v) is 1.38. The molecule has 1 heterocycles. The van der Waals surface area contributed by atoms with Crippen LogP contribution in [0.3, 0.4) is 0 Å². The first-order valence-corrected chi connectivity index (χ1v) is 4.86. The summed E-state index contributed by atoms with van der Waals surface area (Å²) in [6.45, 7) is 10.7. The van der Waals surface area contributed by atoms with Gasteiger partial charge in [0.1, 0.15) is 5.69 Å². The molecule has 0 bridgehead atoms. The van der Waals surface area contributed by atoms with Crippen molar-refractivity contribution in [2.45, 2.75) is 40.2 Å². The zero-order valence-corrected chi connectivity index (χ0v) is 9.59. The predicted octanol–water partition coefficient (Wildman–Crippen LogP) is 1.93. The number of nitrogens with zero attached hydrogens (tertiary/aromatic N) is 2. The summed E-state index contributed by atoms with van der Waals surface area (Å²) in [4.78, 5) is 0. The lowest BCUT2D eigenvalue weighted by Gasteiger charge is -2.20. The van der Waals surface area contributed by atoms with Gasteiger partial charge in [-0.05, 0) is 34.6 Å². The summed E-state index contributed by atoms with van der Waals surface area (Å²) in [5.41, 5.74) is 7.42. The fraction of sp³-hybridized carbons (Fsp3) is 0.700. The third kappa shape index (κ3) is 1.84. The Morgan fingerprint density at radius 2 is 2.00 bits per heavy atom. The molecule has 80 valence electrons. The van der Waals surface area contributed by atoms with Crippen LogP contribution in [-0.2, 0) is 5.54 Å². The molecule has 0 spiro atoms. The molecule has 1 aromatic heterocycles. The summed E-state index contributed by atoms with van der Waals surface area (Å²) in [6, 6.07) is 0. The molecule has 0 aliphatic rings. The Morgan fingerprint density at radius 1 is 1.43 bits per heavy atom. The highest BCUT2D eigenvalue weighted by molar-refractivity contribution is 5.52. The van der Waals surface area contributed by atoms with Crippen molar-refractivity contribution in [1.82, 2.24) is 9.78 Å². The Kier molecular flexibility index (Phi) is 2.73. The minimum atomic E-state index is -0.0619. The summed E-state index contributed by atoms with van der Waals surface area (Å²) in [5.74, 6) is 0.542. The van der Waals surface area contributed by atoms with Crippen LogP contribution in [0, 0.1) is 6.92 Å². The van der Waals surface area contributed by atoms with Crippen LogP contribution in [0.15, 0.2) is 0 Å². The van der Waals surface area contributed by atoms with E-state index in [-0.39, 0.29) is 5.54 Å². The van der Waals surface area contributed by atoms with E-state index in [0.717, 1.165) is 5.69 Å². The molecule has 0 saturated heterocycles. The van der Waals surface area contributed by atoms with Crippen LogP contribution >= 0.6 is 0 Å². The molecule has 0 fully saturated rings. The zero-order chi connectivity index (χ0) is 10.9. The van der Waals surface area contributed by atoms with Crippen molar-refractivity contribution in [3.8, 4) is 5.88 Å². The Balaban J connectivity index is 3.15. The second-order valence-corrected chi connectivity index (χ2v) is 4.32. The summed E-state index contributed by atoms with van der Waals surface area (Å²) >= 11 is 0. The Labute approximate surface area is 85.0 Å². The average Bonchev–Trinajstić information content (AvgIpc) is 2.32. The van der Waals surface area contributed by atoms with Crippen LogP contribution in [0.4, 0.5) is 5.69 Å². The fourth-order valence-electron chi connectivity index (χ4n) is 1.38. The molecule has 4 nitrogen and oxygen atoms in total. The molecule has 0 amide bonds. The summed E-state index contributed by atoms with van der Waals surface area (Å²) in [5, 5.41) is 4.34. The highest BCUT2D eigenvalue weighted by Gasteiger charge is 2.21. The molecule has 0 aliphatic carbocycles.